The number of hydrazone groups is 1. The van der Waals surface area contributed by atoms with E-state index in [9.17, 15) is 20.2 Å². The highest BCUT2D eigenvalue weighted by Gasteiger charge is 2.23. The number of hydrogen-bond donors (Lipinski definition) is 1. The molecule has 9 nitrogen and oxygen atoms in total. The van der Waals surface area contributed by atoms with E-state index in [1.54, 1.807) is 12.4 Å². The van der Waals surface area contributed by atoms with Crippen LogP contribution in [0.5, 0.6) is 0 Å². The molecule has 1 heterocycles. The van der Waals surface area contributed by atoms with Crippen LogP contribution in [0.2, 0.25) is 5.02 Å². The highest BCUT2D eigenvalue weighted by Crippen LogP contribution is 2.36. The smallest absolute Gasteiger partial charge is 0.271 e. The van der Waals surface area contributed by atoms with Crippen LogP contribution in [0, 0.1) is 26.1 Å². The summed E-state index contributed by atoms with van der Waals surface area (Å²) in [5.41, 5.74) is 3.40. The van der Waals surface area contributed by atoms with Gasteiger partial charge >= 0.3 is 5.69 Å². The van der Waals surface area contributed by atoms with Crippen molar-refractivity contribution in [3.63, 3.8) is 0 Å². The van der Waals surface area contributed by atoms with Gasteiger partial charge in [0.15, 0.2) is 5.69 Å². The van der Waals surface area contributed by atoms with E-state index in [4.69, 9.17) is 11.6 Å². The van der Waals surface area contributed by atoms with Gasteiger partial charge < -0.3 is 0 Å². The number of pyridine rings is 1. The average Bonchev–Trinajstić information content (AvgIpc) is 2.64. The molecule has 1 aromatic heterocycles. The highest BCUT2D eigenvalue weighted by atomic mass is 35.5. The van der Waals surface area contributed by atoms with Crippen molar-refractivity contribution in [2.75, 3.05) is 5.43 Å². The second-order valence-corrected chi connectivity index (χ2v) is 6.27. The first-order valence-corrected chi connectivity index (χ1v) is 8.52. The van der Waals surface area contributed by atoms with E-state index in [1.165, 1.54) is 0 Å². The van der Waals surface area contributed by atoms with Gasteiger partial charge in [-0.1, -0.05) is 18.5 Å². The van der Waals surface area contributed by atoms with Gasteiger partial charge in [0.25, 0.3) is 5.69 Å². The van der Waals surface area contributed by atoms with E-state index in [1.807, 2.05) is 26.0 Å². The molecule has 0 saturated heterocycles. The second-order valence-electron chi connectivity index (χ2n) is 5.87. The Labute approximate surface area is 160 Å². The molecule has 0 amide bonds. The van der Waals surface area contributed by atoms with Crippen molar-refractivity contribution in [3.8, 4) is 0 Å². The molecule has 0 saturated carbocycles. The van der Waals surface area contributed by atoms with Gasteiger partial charge in [-0.3, -0.25) is 30.6 Å². The molecule has 142 valence electrons. The van der Waals surface area contributed by atoms with Crippen LogP contribution < -0.4 is 5.43 Å². The largest absolute Gasteiger partial charge is 0.302 e. The third kappa shape index (κ3) is 5.20. The Morgan fingerprint density at radius 3 is 2.48 bits per heavy atom. The molecule has 0 bridgehead atoms. The number of aromatic nitrogens is 1. The van der Waals surface area contributed by atoms with Gasteiger partial charge in [-0.15, -0.1) is 0 Å². The fourth-order valence-corrected chi connectivity index (χ4v) is 2.82. The van der Waals surface area contributed by atoms with Crippen LogP contribution in [0.4, 0.5) is 17.1 Å². The Balaban J connectivity index is 2.27. The molecule has 2 rings (SSSR count). The minimum absolute atomic E-state index is 0.0784. The van der Waals surface area contributed by atoms with Gasteiger partial charge in [-0.05, 0) is 37.5 Å². The topological polar surface area (TPSA) is 124 Å². The number of rotatable bonds is 8. The van der Waals surface area contributed by atoms with E-state index < -0.39 is 21.2 Å². The lowest BCUT2D eigenvalue weighted by atomic mass is 9.93. The molecule has 0 spiro atoms. The number of anilines is 1. The standard InChI is InChI=1S/C17H18ClN5O4/c1-3-13(8-12-4-6-19-7-5-12)11(2)20-21-17-15(18)9-14(22(24)25)10-16(17)23(26)27/h4-7,9-10,13,21H,3,8H2,1-2H3/b20-11+. The van der Waals surface area contributed by atoms with Crippen LogP contribution in [0.1, 0.15) is 25.8 Å². The molecular weight excluding hydrogens is 374 g/mol. The molecule has 0 fully saturated rings. The van der Waals surface area contributed by atoms with Gasteiger partial charge in [-0.2, -0.15) is 5.10 Å². The molecular formula is C17H18ClN5O4. The first-order valence-electron chi connectivity index (χ1n) is 8.14. The minimum atomic E-state index is -0.737. The van der Waals surface area contributed by atoms with Crippen molar-refractivity contribution in [1.29, 1.82) is 0 Å². The molecule has 0 radical (unpaired) electrons. The molecule has 2 aromatic rings. The first kappa shape index (κ1) is 20.2. The van der Waals surface area contributed by atoms with E-state index >= 15 is 0 Å². The van der Waals surface area contributed by atoms with Crippen molar-refractivity contribution in [1.82, 2.24) is 4.98 Å². The maximum absolute atomic E-state index is 11.3. The number of nitrogens with zero attached hydrogens (tertiary/aromatic N) is 4. The summed E-state index contributed by atoms with van der Waals surface area (Å²) < 4.78 is 0. The van der Waals surface area contributed by atoms with Crippen molar-refractivity contribution in [2.45, 2.75) is 26.7 Å². The molecule has 1 atom stereocenters. The van der Waals surface area contributed by atoms with Crippen LogP contribution in [0.3, 0.4) is 0 Å². The molecule has 10 heteroatoms. The van der Waals surface area contributed by atoms with Crippen LogP contribution in [0.15, 0.2) is 41.8 Å². The summed E-state index contributed by atoms with van der Waals surface area (Å²) in [5.74, 6) is 0.107. The molecule has 1 N–H and O–H groups in total. The number of nitro benzene ring substituents is 2. The van der Waals surface area contributed by atoms with Gasteiger partial charge in [0.05, 0.1) is 20.9 Å². The maximum atomic E-state index is 11.3. The minimum Gasteiger partial charge on any atom is -0.271 e. The van der Waals surface area contributed by atoms with Crippen molar-refractivity contribution in [2.24, 2.45) is 11.0 Å². The van der Waals surface area contributed by atoms with Crippen molar-refractivity contribution < 1.29 is 9.85 Å². The fraction of sp³-hybridized carbons (Fsp3) is 0.294. The summed E-state index contributed by atoms with van der Waals surface area (Å²) >= 11 is 6.00. The Morgan fingerprint density at radius 1 is 1.26 bits per heavy atom. The lowest BCUT2D eigenvalue weighted by molar-refractivity contribution is -0.393. The molecule has 1 aromatic carbocycles. The molecule has 1 unspecified atom stereocenters. The zero-order valence-corrected chi connectivity index (χ0v) is 15.5. The van der Waals surface area contributed by atoms with Crippen molar-refractivity contribution in [3.05, 3.63) is 67.5 Å². The predicted molar refractivity (Wildman–Crippen MR) is 103 cm³/mol. The lowest BCUT2D eigenvalue weighted by Crippen LogP contribution is -2.15. The van der Waals surface area contributed by atoms with Crippen LogP contribution in [-0.4, -0.2) is 20.5 Å². The van der Waals surface area contributed by atoms with E-state index in [2.05, 4.69) is 15.5 Å². The Hall–Kier alpha value is -3.07. The van der Waals surface area contributed by atoms with Crippen LogP contribution in [0.25, 0.3) is 0 Å². The van der Waals surface area contributed by atoms with Crippen molar-refractivity contribution >= 4 is 34.4 Å². The molecule has 0 aliphatic rings. The summed E-state index contributed by atoms with van der Waals surface area (Å²) in [6, 6.07) is 5.74. The fourth-order valence-electron chi connectivity index (χ4n) is 2.56. The maximum Gasteiger partial charge on any atom is 0.302 e. The summed E-state index contributed by atoms with van der Waals surface area (Å²) in [6.07, 6.45) is 4.99. The summed E-state index contributed by atoms with van der Waals surface area (Å²) in [7, 11) is 0. The molecule has 0 aliphatic carbocycles. The quantitative estimate of drug-likeness (QED) is 0.398. The number of non-ortho nitro benzene ring substituents is 1. The number of nitrogens with one attached hydrogen (secondary N) is 1. The SMILES string of the molecule is CCC(Cc1ccncc1)/C(C)=N/Nc1c(Cl)cc([N+](=O)[O-])cc1[N+](=O)[O-]. The summed E-state index contributed by atoms with van der Waals surface area (Å²) in [5, 5.41) is 26.2. The van der Waals surface area contributed by atoms with Gasteiger partial charge in [0, 0.05) is 30.1 Å². The molecule has 0 aliphatic heterocycles. The van der Waals surface area contributed by atoms with Gasteiger partial charge in [0.1, 0.15) is 0 Å². The Bertz CT molecular complexity index is 873. The van der Waals surface area contributed by atoms with E-state index in [0.29, 0.717) is 0 Å². The molecule has 27 heavy (non-hydrogen) atoms. The van der Waals surface area contributed by atoms with E-state index in [-0.39, 0.29) is 16.6 Å². The number of halogens is 1. The predicted octanol–water partition coefficient (Wildman–Crippen LogP) is 4.61. The monoisotopic (exact) mass is 391 g/mol. The highest BCUT2D eigenvalue weighted by molar-refractivity contribution is 6.34. The zero-order valence-electron chi connectivity index (χ0n) is 14.8. The Morgan fingerprint density at radius 2 is 1.93 bits per heavy atom. The van der Waals surface area contributed by atoms with Gasteiger partial charge in [0.2, 0.25) is 0 Å². The summed E-state index contributed by atoms with van der Waals surface area (Å²) in [6.45, 7) is 3.83. The summed E-state index contributed by atoms with van der Waals surface area (Å²) in [4.78, 5) is 24.6. The second kappa shape index (κ2) is 9.04. The Kier molecular flexibility index (Phi) is 6.78. The third-order valence-electron chi connectivity index (χ3n) is 4.12. The normalized spacial score (nSPS) is 12.5. The van der Waals surface area contributed by atoms with E-state index in [0.717, 1.165) is 36.2 Å². The average molecular weight is 392 g/mol. The zero-order chi connectivity index (χ0) is 20.0. The lowest BCUT2D eigenvalue weighted by Gasteiger charge is -2.15. The number of benzene rings is 1. The van der Waals surface area contributed by atoms with Crippen LogP contribution >= 0.6 is 11.6 Å². The third-order valence-corrected chi connectivity index (χ3v) is 4.42. The van der Waals surface area contributed by atoms with Crippen LogP contribution in [-0.2, 0) is 6.42 Å². The van der Waals surface area contributed by atoms with Gasteiger partial charge in [-0.25, -0.2) is 0 Å². The number of hydrogen-bond acceptors (Lipinski definition) is 7. The first-order chi connectivity index (χ1) is 12.8. The number of nitro groups is 2.